The molecular formula is C39H40F7NO4. The number of ether oxygens (including phenoxy) is 2. The van der Waals surface area contributed by atoms with E-state index in [9.17, 15) is 35.9 Å². The highest BCUT2D eigenvalue weighted by Crippen LogP contribution is 2.46. The highest BCUT2D eigenvalue weighted by atomic mass is 19.4. The van der Waals surface area contributed by atoms with E-state index in [1.165, 1.54) is 17.9 Å². The zero-order valence-electron chi connectivity index (χ0n) is 29.2. The quantitative estimate of drug-likeness (QED) is 0.172. The fourth-order valence-electron chi connectivity index (χ4n) is 6.77. The maximum atomic E-state index is 15.7. The second-order valence-electron chi connectivity index (χ2n) is 14.3. The van der Waals surface area contributed by atoms with Gasteiger partial charge in [-0.25, -0.2) is 14.0 Å². The van der Waals surface area contributed by atoms with E-state index in [-0.39, 0.29) is 24.1 Å². The number of amides is 1. The normalized spacial score (nSPS) is 20.0. The second-order valence-corrected chi connectivity index (χ2v) is 14.3. The average Bonchev–Trinajstić information content (AvgIpc) is 3.32. The third-order valence-corrected chi connectivity index (χ3v) is 9.81. The molecule has 0 radical (unpaired) electrons. The molecule has 1 aliphatic carbocycles. The Kier molecular flexibility index (Phi) is 10.4. The van der Waals surface area contributed by atoms with E-state index in [0.717, 1.165) is 11.1 Å². The summed E-state index contributed by atoms with van der Waals surface area (Å²) in [5.74, 6) is -0.930. The van der Waals surface area contributed by atoms with Gasteiger partial charge in [0.2, 0.25) is 0 Å². The minimum atomic E-state index is -5.06. The molecule has 1 amide bonds. The average molecular weight is 720 g/mol. The SMILES string of the molecule is CC[C@@H](C)OC(=O)c1ccc(-c2ccc(F)c(C3=C(CN4C(=O)O[C@H](c5cc(C(F)(F)F)cc(C(F)(F)F)c5)[C@@H]4C)CC(C)(C)CC3)c2)c(C)c1. The van der Waals surface area contributed by atoms with Crippen LogP contribution in [-0.2, 0) is 21.8 Å². The van der Waals surface area contributed by atoms with Crippen LogP contribution in [-0.4, -0.2) is 35.7 Å². The molecule has 5 nitrogen and oxygen atoms in total. The van der Waals surface area contributed by atoms with Crippen molar-refractivity contribution in [1.82, 2.24) is 4.90 Å². The maximum Gasteiger partial charge on any atom is 0.416 e. The van der Waals surface area contributed by atoms with E-state index >= 15 is 4.39 Å². The topological polar surface area (TPSA) is 55.8 Å². The van der Waals surface area contributed by atoms with Crippen LogP contribution in [0.2, 0.25) is 0 Å². The van der Waals surface area contributed by atoms with Crippen molar-refractivity contribution in [3.8, 4) is 11.1 Å². The molecule has 0 aromatic heterocycles. The number of carbonyl (C=O) groups is 2. The molecular weight excluding hydrogens is 679 g/mol. The van der Waals surface area contributed by atoms with Gasteiger partial charge in [-0.05, 0) is 128 Å². The predicted molar refractivity (Wildman–Crippen MR) is 178 cm³/mol. The number of hydrogen-bond donors (Lipinski definition) is 0. The number of alkyl halides is 6. The van der Waals surface area contributed by atoms with Crippen LogP contribution in [0, 0.1) is 18.2 Å². The molecule has 0 N–H and O–H groups in total. The first-order valence-electron chi connectivity index (χ1n) is 16.8. The first-order valence-corrected chi connectivity index (χ1v) is 16.8. The Hall–Kier alpha value is -4.35. The third-order valence-electron chi connectivity index (χ3n) is 9.81. The Morgan fingerprint density at radius 1 is 0.980 bits per heavy atom. The molecule has 1 saturated heterocycles. The van der Waals surface area contributed by atoms with Crippen molar-refractivity contribution in [2.24, 2.45) is 5.41 Å². The smallest absolute Gasteiger partial charge is 0.416 e. The van der Waals surface area contributed by atoms with Gasteiger partial charge in [0.25, 0.3) is 0 Å². The first kappa shape index (κ1) is 37.9. The monoisotopic (exact) mass is 719 g/mol. The Labute approximate surface area is 292 Å². The molecule has 51 heavy (non-hydrogen) atoms. The lowest BCUT2D eigenvalue weighted by atomic mass is 9.72. The van der Waals surface area contributed by atoms with Crippen LogP contribution >= 0.6 is 0 Å². The number of carbonyl (C=O) groups excluding carboxylic acids is 2. The third kappa shape index (κ3) is 8.25. The Morgan fingerprint density at radius 3 is 2.22 bits per heavy atom. The van der Waals surface area contributed by atoms with Gasteiger partial charge in [0.1, 0.15) is 11.9 Å². The van der Waals surface area contributed by atoms with Gasteiger partial charge >= 0.3 is 24.4 Å². The van der Waals surface area contributed by atoms with E-state index in [1.807, 2.05) is 34.6 Å². The van der Waals surface area contributed by atoms with Gasteiger partial charge in [0.05, 0.1) is 28.8 Å². The van der Waals surface area contributed by atoms with E-state index in [1.54, 1.807) is 30.3 Å². The van der Waals surface area contributed by atoms with Crippen molar-refractivity contribution in [3.05, 3.63) is 99.4 Å². The van der Waals surface area contributed by atoms with Gasteiger partial charge in [-0.3, -0.25) is 4.90 Å². The molecule has 0 spiro atoms. The summed E-state index contributed by atoms with van der Waals surface area (Å²) < 4.78 is 108. The van der Waals surface area contributed by atoms with Gasteiger partial charge in [-0.1, -0.05) is 32.9 Å². The van der Waals surface area contributed by atoms with Crippen molar-refractivity contribution in [1.29, 1.82) is 0 Å². The van der Waals surface area contributed by atoms with Crippen LogP contribution < -0.4 is 0 Å². The molecule has 3 aromatic carbocycles. The first-order chi connectivity index (χ1) is 23.7. The Bertz CT molecular complexity index is 1830. The minimum Gasteiger partial charge on any atom is -0.459 e. The fraction of sp³-hybridized carbons (Fsp3) is 0.436. The van der Waals surface area contributed by atoms with Crippen molar-refractivity contribution >= 4 is 17.6 Å². The summed E-state index contributed by atoms with van der Waals surface area (Å²) in [6.45, 7) is 11.1. The molecule has 1 aliphatic heterocycles. The van der Waals surface area contributed by atoms with E-state index in [0.29, 0.717) is 65.7 Å². The van der Waals surface area contributed by atoms with E-state index < -0.39 is 59.1 Å². The fourth-order valence-corrected chi connectivity index (χ4v) is 6.77. The van der Waals surface area contributed by atoms with Gasteiger partial charge in [-0.2, -0.15) is 26.3 Å². The Balaban J connectivity index is 1.50. The number of halogens is 7. The molecule has 0 bridgehead atoms. The molecule has 1 fully saturated rings. The summed E-state index contributed by atoms with van der Waals surface area (Å²) in [6.07, 6.45) is -10.4. The highest BCUT2D eigenvalue weighted by Gasteiger charge is 2.44. The van der Waals surface area contributed by atoms with Crippen molar-refractivity contribution in [2.45, 2.75) is 97.8 Å². The zero-order chi connectivity index (χ0) is 37.6. The van der Waals surface area contributed by atoms with Crippen LogP contribution in [0.1, 0.15) is 105 Å². The number of rotatable bonds is 8. The van der Waals surface area contributed by atoms with E-state index in [4.69, 9.17) is 9.47 Å². The molecule has 3 atom stereocenters. The Morgan fingerprint density at radius 2 is 1.63 bits per heavy atom. The molecule has 0 saturated carbocycles. The summed E-state index contributed by atoms with van der Waals surface area (Å²) in [5, 5.41) is 0. The molecule has 5 rings (SSSR count). The van der Waals surface area contributed by atoms with Crippen LogP contribution in [0.4, 0.5) is 35.5 Å². The summed E-state index contributed by atoms with van der Waals surface area (Å²) in [7, 11) is 0. The zero-order valence-corrected chi connectivity index (χ0v) is 29.2. The van der Waals surface area contributed by atoms with Crippen molar-refractivity contribution in [2.75, 3.05) is 6.54 Å². The largest absolute Gasteiger partial charge is 0.459 e. The highest BCUT2D eigenvalue weighted by molar-refractivity contribution is 5.91. The summed E-state index contributed by atoms with van der Waals surface area (Å²) in [4.78, 5) is 27.1. The van der Waals surface area contributed by atoms with Crippen LogP contribution in [0.5, 0.6) is 0 Å². The molecule has 274 valence electrons. The molecule has 1 heterocycles. The van der Waals surface area contributed by atoms with Crippen molar-refractivity contribution in [3.63, 3.8) is 0 Å². The van der Waals surface area contributed by atoms with E-state index in [2.05, 4.69) is 0 Å². The molecule has 3 aromatic rings. The van der Waals surface area contributed by atoms with Gasteiger partial charge < -0.3 is 9.47 Å². The number of benzene rings is 3. The van der Waals surface area contributed by atoms with Crippen LogP contribution in [0.3, 0.4) is 0 Å². The lowest BCUT2D eigenvalue weighted by Gasteiger charge is -2.35. The number of aryl methyl sites for hydroxylation is 1. The van der Waals surface area contributed by atoms with Crippen molar-refractivity contribution < 1.29 is 49.8 Å². The number of allylic oxidation sites excluding steroid dienone is 1. The summed E-state index contributed by atoms with van der Waals surface area (Å²) in [6, 6.07) is 10.1. The number of hydrogen-bond acceptors (Lipinski definition) is 4. The molecule has 0 unspecified atom stereocenters. The van der Waals surface area contributed by atoms with Crippen LogP contribution in [0.25, 0.3) is 16.7 Å². The van der Waals surface area contributed by atoms with Gasteiger partial charge in [-0.15, -0.1) is 0 Å². The standard InChI is InChI=1S/C39H40F7NO4/c1-7-22(3)50-35(48)25-8-10-30(21(2)14-25)24-9-11-33(40)32(17-24)31-12-13-37(5,6)19-27(31)20-47-23(4)34(51-36(47)49)26-15-28(38(41,42)43)18-29(16-26)39(44,45)46/h8-11,14-18,22-23,34H,7,12-13,19-20H2,1-6H3/t22-,23+,34+/m1/s1. The molecule has 12 heteroatoms. The maximum absolute atomic E-state index is 15.7. The molecule has 2 aliphatic rings. The minimum absolute atomic E-state index is 0.0321. The predicted octanol–water partition coefficient (Wildman–Crippen LogP) is 11.3. The number of cyclic esters (lactones) is 1. The number of nitrogens with zero attached hydrogens (tertiary/aromatic N) is 1. The van der Waals surface area contributed by atoms with Gasteiger partial charge in [0, 0.05) is 12.1 Å². The lowest BCUT2D eigenvalue weighted by molar-refractivity contribution is -0.143. The van der Waals surface area contributed by atoms with Crippen LogP contribution in [0.15, 0.2) is 60.2 Å². The second kappa shape index (κ2) is 14.0. The summed E-state index contributed by atoms with van der Waals surface area (Å²) in [5.41, 5.74) is 0.672. The lowest BCUT2D eigenvalue weighted by Crippen LogP contribution is -2.35. The van der Waals surface area contributed by atoms with Gasteiger partial charge in [0.15, 0.2) is 0 Å². The number of esters is 1. The summed E-state index contributed by atoms with van der Waals surface area (Å²) >= 11 is 0.